The number of halogens is 1. The lowest BCUT2D eigenvalue weighted by Gasteiger charge is -2.15. The third kappa shape index (κ3) is 4.73. The Morgan fingerprint density at radius 2 is 1.81 bits per heavy atom. The molecule has 140 valence electrons. The fraction of sp³-hybridized carbons (Fsp3) is 0.238. The molecule has 0 bridgehead atoms. The van der Waals surface area contributed by atoms with Crippen molar-refractivity contribution in [3.8, 4) is 5.69 Å². The van der Waals surface area contributed by atoms with Gasteiger partial charge in [-0.05, 0) is 49.2 Å². The average molecular weight is 365 g/mol. The second-order valence-corrected chi connectivity index (χ2v) is 6.38. The van der Waals surface area contributed by atoms with Gasteiger partial charge in [-0.1, -0.05) is 30.3 Å². The number of aryl methyl sites for hydroxylation is 2. The minimum absolute atomic E-state index is 0.240. The molecule has 3 aromatic rings. The van der Waals surface area contributed by atoms with E-state index in [4.69, 9.17) is 0 Å². The van der Waals surface area contributed by atoms with Crippen molar-refractivity contribution in [1.82, 2.24) is 20.4 Å². The fourth-order valence-electron chi connectivity index (χ4n) is 2.97. The van der Waals surface area contributed by atoms with E-state index in [2.05, 4.69) is 38.9 Å². The Morgan fingerprint density at radius 3 is 2.52 bits per heavy atom. The minimum atomic E-state index is -0.240. The summed E-state index contributed by atoms with van der Waals surface area (Å²) in [5, 5.41) is 11.1. The highest BCUT2D eigenvalue weighted by atomic mass is 19.1. The predicted octanol–water partition coefficient (Wildman–Crippen LogP) is 3.49. The number of rotatable bonds is 5. The van der Waals surface area contributed by atoms with Crippen molar-refractivity contribution in [2.45, 2.75) is 26.9 Å². The van der Waals surface area contributed by atoms with Crippen molar-refractivity contribution in [2.24, 2.45) is 4.99 Å². The summed E-state index contributed by atoms with van der Waals surface area (Å²) in [6.07, 6.45) is 0. The molecular formula is C21H24FN5. The highest BCUT2D eigenvalue weighted by Crippen LogP contribution is 2.16. The summed E-state index contributed by atoms with van der Waals surface area (Å²) in [4.78, 5) is 4.24. The van der Waals surface area contributed by atoms with E-state index < -0.39 is 0 Å². The van der Waals surface area contributed by atoms with Gasteiger partial charge in [0.1, 0.15) is 5.82 Å². The first-order valence-corrected chi connectivity index (χ1v) is 8.87. The minimum Gasteiger partial charge on any atom is -0.352 e. The van der Waals surface area contributed by atoms with Crippen LogP contribution in [0.1, 0.15) is 22.5 Å². The number of hydrogen-bond donors (Lipinski definition) is 2. The van der Waals surface area contributed by atoms with Crippen molar-refractivity contribution < 1.29 is 4.39 Å². The number of benzene rings is 2. The van der Waals surface area contributed by atoms with Crippen LogP contribution in [-0.2, 0) is 13.1 Å². The molecule has 0 aliphatic rings. The van der Waals surface area contributed by atoms with E-state index in [1.54, 1.807) is 13.1 Å². The highest BCUT2D eigenvalue weighted by Gasteiger charge is 2.09. The smallest absolute Gasteiger partial charge is 0.191 e. The highest BCUT2D eigenvalue weighted by molar-refractivity contribution is 5.79. The van der Waals surface area contributed by atoms with Crippen LogP contribution < -0.4 is 10.6 Å². The summed E-state index contributed by atoms with van der Waals surface area (Å²) < 4.78 is 15.3. The Kier molecular flexibility index (Phi) is 5.86. The molecule has 2 aromatic carbocycles. The molecule has 1 aromatic heterocycles. The van der Waals surface area contributed by atoms with Gasteiger partial charge in [0.2, 0.25) is 0 Å². The number of aliphatic imine (C=N–C) groups is 1. The summed E-state index contributed by atoms with van der Waals surface area (Å²) >= 11 is 0. The van der Waals surface area contributed by atoms with Crippen LogP contribution in [-0.4, -0.2) is 22.8 Å². The first kappa shape index (κ1) is 18.6. The fourth-order valence-corrected chi connectivity index (χ4v) is 2.97. The molecule has 0 aliphatic heterocycles. The second kappa shape index (κ2) is 8.49. The van der Waals surface area contributed by atoms with Crippen LogP contribution in [0.4, 0.5) is 4.39 Å². The van der Waals surface area contributed by atoms with E-state index >= 15 is 0 Å². The largest absolute Gasteiger partial charge is 0.352 e. The van der Waals surface area contributed by atoms with Gasteiger partial charge in [0.15, 0.2) is 5.96 Å². The predicted molar refractivity (Wildman–Crippen MR) is 106 cm³/mol. The molecule has 5 nitrogen and oxygen atoms in total. The molecule has 1 heterocycles. The molecule has 0 saturated carbocycles. The van der Waals surface area contributed by atoms with Crippen molar-refractivity contribution in [2.75, 3.05) is 7.05 Å². The molecule has 0 amide bonds. The Hall–Kier alpha value is -3.15. The maximum atomic E-state index is 13.3. The Labute approximate surface area is 159 Å². The topological polar surface area (TPSA) is 54.2 Å². The quantitative estimate of drug-likeness (QED) is 0.538. The van der Waals surface area contributed by atoms with Gasteiger partial charge in [-0.15, -0.1) is 0 Å². The van der Waals surface area contributed by atoms with Gasteiger partial charge in [-0.3, -0.25) is 4.99 Å². The molecule has 0 fully saturated rings. The third-order valence-corrected chi connectivity index (χ3v) is 4.25. The summed E-state index contributed by atoms with van der Waals surface area (Å²) in [5.41, 5.74) is 5.09. The van der Waals surface area contributed by atoms with Crippen LogP contribution >= 0.6 is 0 Å². The zero-order valence-electron chi connectivity index (χ0n) is 15.8. The summed E-state index contributed by atoms with van der Waals surface area (Å²) in [7, 11) is 1.72. The Morgan fingerprint density at radius 1 is 1.04 bits per heavy atom. The Balaban J connectivity index is 1.68. The van der Waals surface area contributed by atoms with Crippen molar-refractivity contribution in [3.05, 3.63) is 82.9 Å². The molecule has 0 atom stereocenters. The monoisotopic (exact) mass is 365 g/mol. The normalized spacial score (nSPS) is 11.5. The van der Waals surface area contributed by atoms with E-state index in [0.29, 0.717) is 19.0 Å². The molecule has 0 spiro atoms. The second-order valence-electron chi connectivity index (χ2n) is 6.38. The molecule has 0 aliphatic carbocycles. The summed E-state index contributed by atoms with van der Waals surface area (Å²) in [5.74, 6) is 0.415. The number of nitrogens with zero attached hydrogens (tertiary/aromatic N) is 3. The molecule has 27 heavy (non-hydrogen) atoms. The lowest BCUT2D eigenvalue weighted by Crippen LogP contribution is -2.36. The van der Waals surface area contributed by atoms with Gasteiger partial charge < -0.3 is 10.6 Å². The summed E-state index contributed by atoms with van der Waals surface area (Å²) in [6.45, 7) is 5.13. The Bertz CT molecular complexity index is 945. The maximum Gasteiger partial charge on any atom is 0.191 e. The lowest BCUT2D eigenvalue weighted by atomic mass is 10.1. The van der Waals surface area contributed by atoms with Gasteiger partial charge in [0, 0.05) is 25.8 Å². The van der Waals surface area contributed by atoms with Gasteiger partial charge in [0.25, 0.3) is 0 Å². The van der Waals surface area contributed by atoms with Crippen LogP contribution in [0.3, 0.4) is 0 Å². The summed E-state index contributed by atoms with van der Waals surface area (Å²) in [6, 6.07) is 16.7. The van der Waals surface area contributed by atoms with E-state index in [1.165, 1.54) is 12.1 Å². The molecule has 2 N–H and O–H groups in total. The average Bonchev–Trinajstić information content (AvgIpc) is 3.00. The zero-order chi connectivity index (χ0) is 19.2. The molecule has 0 radical (unpaired) electrons. The van der Waals surface area contributed by atoms with E-state index in [-0.39, 0.29) is 5.82 Å². The van der Waals surface area contributed by atoms with Gasteiger partial charge in [-0.25, -0.2) is 9.07 Å². The van der Waals surface area contributed by atoms with E-state index in [1.807, 2.05) is 36.7 Å². The van der Waals surface area contributed by atoms with E-state index in [0.717, 1.165) is 28.2 Å². The van der Waals surface area contributed by atoms with Crippen molar-refractivity contribution in [1.29, 1.82) is 0 Å². The van der Waals surface area contributed by atoms with Gasteiger partial charge >= 0.3 is 0 Å². The lowest BCUT2D eigenvalue weighted by molar-refractivity contribution is 0.624. The van der Waals surface area contributed by atoms with Crippen LogP contribution in [0.25, 0.3) is 5.69 Å². The van der Waals surface area contributed by atoms with Crippen LogP contribution in [0.2, 0.25) is 0 Å². The first-order valence-electron chi connectivity index (χ1n) is 8.87. The van der Waals surface area contributed by atoms with Gasteiger partial charge in [0.05, 0.1) is 11.4 Å². The number of hydrogen-bond acceptors (Lipinski definition) is 2. The number of nitrogens with one attached hydrogen (secondary N) is 2. The maximum absolute atomic E-state index is 13.3. The molecule has 6 heteroatoms. The number of aromatic nitrogens is 2. The first-order chi connectivity index (χ1) is 13.1. The van der Waals surface area contributed by atoms with Crippen LogP contribution in [0, 0.1) is 19.7 Å². The van der Waals surface area contributed by atoms with Crippen LogP contribution in [0.5, 0.6) is 0 Å². The standard InChI is InChI=1S/C21H24FN5/c1-15-11-16(2)27(26-15)20-10-5-4-8-18(20)14-25-21(23-3)24-13-17-7-6-9-19(22)12-17/h4-12H,13-14H2,1-3H3,(H2,23,24,25). The SMILES string of the molecule is CN=C(NCc1cccc(F)c1)NCc1ccccc1-n1nc(C)cc1C. The van der Waals surface area contributed by atoms with Gasteiger partial charge in [-0.2, -0.15) is 5.10 Å². The molecule has 3 rings (SSSR count). The third-order valence-electron chi connectivity index (χ3n) is 4.25. The zero-order valence-corrected chi connectivity index (χ0v) is 15.8. The molecular weight excluding hydrogens is 341 g/mol. The number of para-hydroxylation sites is 1. The van der Waals surface area contributed by atoms with E-state index in [9.17, 15) is 4.39 Å². The van der Waals surface area contributed by atoms with Crippen molar-refractivity contribution >= 4 is 5.96 Å². The number of guanidine groups is 1. The van der Waals surface area contributed by atoms with Crippen LogP contribution in [0.15, 0.2) is 59.6 Å². The molecule has 0 saturated heterocycles. The molecule has 0 unspecified atom stereocenters. The van der Waals surface area contributed by atoms with Crippen molar-refractivity contribution in [3.63, 3.8) is 0 Å².